The van der Waals surface area contributed by atoms with Crippen molar-refractivity contribution < 1.29 is 14.3 Å². The molecule has 0 saturated heterocycles. The van der Waals surface area contributed by atoms with Crippen molar-refractivity contribution >= 4 is 35.1 Å². The molecule has 2 rings (SSSR count). The summed E-state index contributed by atoms with van der Waals surface area (Å²) in [5.41, 5.74) is 2.79. The number of esters is 1. The summed E-state index contributed by atoms with van der Waals surface area (Å²) in [5.74, 6) is 4.96. The van der Waals surface area contributed by atoms with E-state index in [0.717, 1.165) is 29.5 Å². The Bertz CT molecular complexity index is 1010. The van der Waals surface area contributed by atoms with Crippen LogP contribution in [0.5, 0.6) is 0 Å². The second-order valence-corrected chi connectivity index (χ2v) is 9.28. The van der Waals surface area contributed by atoms with Gasteiger partial charge in [-0.15, -0.1) is 0 Å². The van der Waals surface area contributed by atoms with E-state index in [0.29, 0.717) is 29.6 Å². The quantitative estimate of drug-likeness (QED) is 0.129. The summed E-state index contributed by atoms with van der Waals surface area (Å²) >= 11 is 12.1. The summed E-state index contributed by atoms with van der Waals surface area (Å²) in [5, 5.41) is 0.936. The first-order chi connectivity index (χ1) is 16.9. The SMILES string of the molecule is CCCCCCCCC#Cc1ccc(CN(CCc2ccc(Cl)c(Cl)c2)C(=O)C(=O)OCC)cc1. The molecule has 1 amide bonds. The number of rotatable bonds is 12. The molecule has 0 aliphatic rings. The van der Waals surface area contributed by atoms with Gasteiger partial charge in [0, 0.05) is 25.1 Å². The fourth-order valence-electron chi connectivity index (χ4n) is 3.61. The molecular weight excluding hydrogens is 481 g/mol. The van der Waals surface area contributed by atoms with Crippen LogP contribution in [0, 0.1) is 11.8 Å². The Morgan fingerprint density at radius 2 is 1.57 bits per heavy atom. The number of amides is 1. The highest BCUT2D eigenvalue weighted by Gasteiger charge is 2.23. The Kier molecular flexibility index (Phi) is 13.3. The van der Waals surface area contributed by atoms with Crippen LogP contribution < -0.4 is 0 Å². The van der Waals surface area contributed by atoms with Crippen LogP contribution in [0.2, 0.25) is 10.0 Å². The normalized spacial score (nSPS) is 10.4. The van der Waals surface area contributed by atoms with Gasteiger partial charge >= 0.3 is 11.9 Å². The standard InChI is InChI=1S/C29H35Cl2NO3/c1-3-5-6-7-8-9-10-11-12-23-13-15-25(16-14-23)22-32(28(33)29(34)35-4-2)20-19-24-17-18-26(30)27(31)21-24/h13-18,21H,3-10,19-20,22H2,1-2H3. The minimum absolute atomic E-state index is 0.150. The Balaban J connectivity index is 1.96. The maximum Gasteiger partial charge on any atom is 0.397 e. The summed E-state index contributed by atoms with van der Waals surface area (Å²) < 4.78 is 4.93. The second kappa shape index (κ2) is 16.2. The van der Waals surface area contributed by atoms with E-state index in [2.05, 4.69) is 18.8 Å². The number of hydrogen-bond donors (Lipinski definition) is 0. The zero-order chi connectivity index (χ0) is 25.5. The van der Waals surface area contributed by atoms with Gasteiger partial charge in [-0.3, -0.25) is 4.79 Å². The van der Waals surface area contributed by atoms with E-state index in [9.17, 15) is 9.59 Å². The number of halogens is 2. The molecule has 0 radical (unpaired) electrons. The molecule has 2 aromatic carbocycles. The number of ether oxygens (including phenoxy) is 1. The fraction of sp³-hybridized carbons (Fsp3) is 0.448. The summed E-state index contributed by atoms with van der Waals surface area (Å²) in [4.78, 5) is 26.3. The van der Waals surface area contributed by atoms with Gasteiger partial charge in [0.15, 0.2) is 0 Å². The van der Waals surface area contributed by atoms with Gasteiger partial charge in [0.25, 0.3) is 0 Å². The number of hydrogen-bond acceptors (Lipinski definition) is 3. The molecule has 0 unspecified atom stereocenters. The average Bonchev–Trinajstić information content (AvgIpc) is 2.86. The van der Waals surface area contributed by atoms with Crippen LogP contribution in [0.1, 0.15) is 75.5 Å². The topological polar surface area (TPSA) is 46.6 Å². The Morgan fingerprint density at radius 1 is 0.886 bits per heavy atom. The lowest BCUT2D eigenvalue weighted by atomic mass is 10.1. The van der Waals surface area contributed by atoms with Crippen LogP contribution in [-0.4, -0.2) is 29.9 Å². The number of benzene rings is 2. The number of unbranched alkanes of at least 4 members (excludes halogenated alkanes) is 6. The highest BCUT2D eigenvalue weighted by molar-refractivity contribution is 6.42. The van der Waals surface area contributed by atoms with E-state index in [1.54, 1.807) is 19.1 Å². The predicted octanol–water partition coefficient (Wildman–Crippen LogP) is 7.23. The van der Waals surface area contributed by atoms with E-state index in [1.807, 2.05) is 30.3 Å². The van der Waals surface area contributed by atoms with Crippen LogP contribution in [0.4, 0.5) is 0 Å². The van der Waals surface area contributed by atoms with Crippen molar-refractivity contribution in [2.45, 2.75) is 71.8 Å². The monoisotopic (exact) mass is 515 g/mol. The molecule has 6 heteroatoms. The van der Waals surface area contributed by atoms with Crippen LogP contribution in [0.15, 0.2) is 42.5 Å². The molecular formula is C29H35Cl2NO3. The molecule has 0 heterocycles. The maximum atomic E-state index is 12.7. The van der Waals surface area contributed by atoms with Crippen LogP contribution in [-0.2, 0) is 27.3 Å². The molecule has 0 aliphatic heterocycles. The first-order valence-corrected chi connectivity index (χ1v) is 13.2. The van der Waals surface area contributed by atoms with Gasteiger partial charge in [0.05, 0.1) is 16.7 Å². The van der Waals surface area contributed by atoms with Crippen LogP contribution >= 0.6 is 23.2 Å². The molecule has 35 heavy (non-hydrogen) atoms. The van der Waals surface area contributed by atoms with Crippen molar-refractivity contribution in [1.29, 1.82) is 0 Å². The first-order valence-electron chi connectivity index (χ1n) is 12.4. The Hall–Kier alpha value is -2.48. The minimum Gasteiger partial charge on any atom is -0.459 e. The molecule has 0 saturated carbocycles. The molecule has 2 aromatic rings. The van der Waals surface area contributed by atoms with E-state index < -0.39 is 11.9 Å². The van der Waals surface area contributed by atoms with Crippen molar-refractivity contribution in [3.8, 4) is 11.8 Å². The third-order valence-electron chi connectivity index (χ3n) is 5.61. The van der Waals surface area contributed by atoms with Gasteiger partial charge in [0.1, 0.15) is 0 Å². The second-order valence-electron chi connectivity index (χ2n) is 8.46. The molecule has 0 spiro atoms. The van der Waals surface area contributed by atoms with Crippen molar-refractivity contribution in [3.05, 3.63) is 69.2 Å². The van der Waals surface area contributed by atoms with Crippen molar-refractivity contribution in [2.75, 3.05) is 13.2 Å². The van der Waals surface area contributed by atoms with E-state index in [-0.39, 0.29) is 6.61 Å². The lowest BCUT2D eigenvalue weighted by molar-refractivity contribution is -0.160. The zero-order valence-corrected chi connectivity index (χ0v) is 22.3. The summed E-state index contributed by atoms with van der Waals surface area (Å²) in [6, 6.07) is 13.2. The lowest BCUT2D eigenvalue weighted by Crippen LogP contribution is -2.38. The van der Waals surface area contributed by atoms with Crippen molar-refractivity contribution in [2.24, 2.45) is 0 Å². The molecule has 0 aromatic heterocycles. The summed E-state index contributed by atoms with van der Waals surface area (Å²) in [6.07, 6.45) is 9.00. The predicted molar refractivity (Wildman–Crippen MR) is 144 cm³/mol. The molecule has 0 bridgehead atoms. The molecule has 0 N–H and O–H groups in total. The van der Waals surface area contributed by atoms with Gasteiger partial charge in [-0.05, 0) is 55.2 Å². The lowest BCUT2D eigenvalue weighted by Gasteiger charge is -2.22. The highest BCUT2D eigenvalue weighted by Crippen LogP contribution is 2.23. The third-order valence-corrected chi connectivity index (χ3v) is 6.35. The number of nitrogens with zero attached hydrogens (tertiary/aromatic N) is 1. The van der Waals surface area contributed by atoms with Gasteiger partial charge < -0.3 is 9.64 Å². The number of carbonyl (C=O) groups excluding carboxylic acids is 2. The Labute approximate surface area is 219 Å². The van der Waals surface area contributed by atoms with E-state index in [1.165, 1.54) is 37.0 Å². The third kappa shape index (κ3) is 10.8. The molecule has 0 aliphatic carbocycles. The Morgan fingerprint density at radius 3 is 2.26 bits per heavy atom. The van der Waals surface area contributed by atoms with Crippen LogP contribution in [0.25, 0.3) is 0 Å². The highest BCUT2D eigenvalue weighted by atomic mass is 35.5. The average molecular weight is 517 g/mol. The summed E-state index contributed by atoms with van der Waals surface area (Å²) in [7, 11) is 0. The zero-order valence-electron chi connectivity index (χ0n) is 20.7. The minimum atomic E-state index is -0.848. The summed E-state index contributed by atoms with van der Waals surface area (Å²) in [6.45, 7) is 4.69. The maximum absolute atomic E-state index is 12.7. The molecule has 0 fully saturated rings. The molecule has 4 nitrogen and oxygen atoms in total. The molecule has 188 valence electrons. The fourth-order valence-corrected chi connectivity index (χ4v) is 3.93. The largest absolute Gasteiger partial charge is 0.459 e. The van der Waals surface area contributed by atoms with E-state index >= 15 is 0 Å². The molecule has 0 atom stereocenters. The smallest absolute Gasteiger partial charge is 0.397 e. The van der Waals surface area contributed by atoms with E-state index in [4.69, 9.17) is 27.9 Å². The van der Waals surface area contributed by atoms with Gasteiger partial charge in [-0.1, -0.05) is 92.3 Å². The van der Waals surface area contributed by atoms with Gasteiger partial charge in [0.2, 0.25) is 0 Å². The van der Waals surface area contributed by atoms with Crippen molar-refractivity contribution in [1.82, 2.24) is 4.90 Å². The van der Waals surface area contributed by atoms with Crippen molar-refractivity contribution in [3.63, 3.8) is 0 Å². The first kappa shape index (κ1) is 28.8. The number of carbonyl (C=O) groups is 2. The van der Waals surface area contributed by atoms with Gasteiger partial charge in [-0.2, -0.15) is 0 Å². The van der Waals surface area contributed by atoms with Crippen LogP contribution in [0.3, 0.4) is 0 Å². The van der Waals surface area contributed by atoms with Gasteiger partial charge in [-0.25, -0.2) is 4.79 Å².